The van der Waals surface area contributed by atoms with Crippen LogP contribution in [0, 0.1) is 0 Å². The number of para-hydroxylation sites is 1. The van der Waals surface area contributed by atoms with Gasteiger partial charge in [-0.25, -0.2) is 0 Å². The molecule has 1 aromatic heterocycles. The summed E-state index contributed by atoms with van der Waals surface area (Å²) in [6, 6.07) is 57.1. The molecule has 2 heterocycles. The van der Waals surface area contributed by atoms with Gasteiger partial charge in [0.25, 0.3) is 0 Å². The fraction of sp³-hybridized carbons (Fsp3) is 0. The van der Waals surface area contributed by atoms with E-state index in [0.29, 0.717) is 0 Å². The van der Waals surface area contributed by atoms with Crippen LogP contribution in [0.15, 0.2) is 162 Å². The van der Waals surface area contributed by atoms with Gasteiger partial charge in [-0.1, -0.05) is 121 Å². The Morgan fingerprint density at radius 2 is 0.960 bits per heavy atom. The SMILES string of the molecule is c1ccc2c(c1)Oc1cc(-c3ccc(-c4ccc5ccc6cccc7ccc4c5c67)c4c3oc3cc5ccccc5cc34)cc3cccc-2c13. The molecule has 0 N–H and O–H groups in total. The molecule has 0 bridgehead atoms. The molecule has 12 rings (SSSR count). The quantitative estimate of drug-likeness (QED) is 0.177. The van der Waals surface area contributed by atoms with Gasteiger partial charge < -0.3 is 9.15 Å². The van der Waals surface area contributed by atoms with Crippen LogP contribution in [0.4, 0.5) is 0 Å². The third-order valence-electron chi connectivity index (χ3n) is 11.0. The van der Waals surface area contributed by atoms with Gasteiger partial charge in [0.05, 0.1) is 0 Å². The van der Waals surface area contributed by atoms with Gasteiger partial charge in [0.1, 0.15) is 22.7 Å². The van der Waals surface area contributed by atoms with Crippen LogP contribution in [0.3, 0.4) is 0 Å². The molecule has 0 radical (unpaired) electrons. The number of hydrogen-bond donors (Lipinski definition) is 0. The van der Waals surface area contributed by atoms with E-state index in [0.717, 1.165) is 60.9 Å². The third-order valence-corrected chi connectivity index (χ3v) is 11.0. The summed E-state index contributed by atoms with van der Waals surface area (Å²) in [4.78, 5) is 0. The number of ether oxygens (including phenoxy) is 1. The summed E-state index contributed by atoms with van der Waals surface area (Å²) in [6.45, 7) is 0. The van der Waals surface area contributed by atoms with Crippen LogP contribution in [0.25, 0.3) is 109 Å². The Kier molecular flexibility index (Phi) is 5.00. The first-order chi connectivity index (χ1) is 24.8. The number of benzene rings is 10. The molecule has 2 nitrogen and oxygen atoms in total. The maximum Gasteiger partial charge on any atom is 0.143 e. The Labute approximate surface area is 286 Å². The highest BCUT2D eigenvalue weighted by Crippen LogP contribution is 2.50. The third kappa shape index (κ3) is 3.47. The van der Waals surface area contributed by atoms with Crippen molar-refractivity contribution >= 4 is 75.8 Å². The number of rotatable bonds is 2. The second-order valence-corrected chi connectivity index (χ2v) is 13.6. The van der Waals surface area contributed by atoms with Gasteiger partial charge in [-0.05, 0) is 107 Å². The fourth-order valence-electron chi connectivity index (χ4n) is 8.73. The van der Waals surface area contributed by atoms with Gasteiger partial charge in [0.2, 0.25) is 0 Å². The van der Waals surface area contributed by atoms with Gasteiger partial charge in [0.15, 0.2) is 0 Å². The lowest BCUT2D eigenvalue weighted by molar-refractivity contribution is 0.487. The Morgan fingerprint density at radius 3 is 1.86 bits per heavy atom. The molecule has 0 saturated carbocycles. The van der Waals surface area contributed by atoms with Gasteiger partial charge in [-0.2, -0.15) is 0 Å². The van der Waals surface area contributed by atoms with E-state index in [1.807, 2.05) is 6.07 Å². The Hall–Kier alpha value is -6.64. The summed E-state index contributed by atoms with van der Waals surface area (Å²) >= 11 is 0. The van der Waals surface area contributed by atoms with Crippen LogP contribution in [-0.2, 0) is 0 Å². The molecule has 1 aliphatic rings. The van der Waals surface area contributed by atoms with Crippen molar-refractivity contribution in [2.24, 2.45) is 0 Å². The van der Waals surface area contributed by atoms with Gasteiger partial charge in [-0.15, -0.1) is 0 Å². The zero-order valence-corrected chi connectivity index (χ0v) is 26.8. The largest absolute Gasteiger partial charge is 0.456 e. The molecule has 2 heteroatoms. The van der Waals surface area contributed by atoms with Crippen molar-refractivity contribution in [2.45, 2.75) is 0 Å². The van der Waals surface area contributed by atoms with E-state index in [1.54, 1.807) is 0 Å². The highest BCUT2D eigenvalue weighted by atomic mass is 16.5. The molecular weight excluding hydrogens is 609 g/mol. The van der Waals surface area contributed by atoms with E-state index in [1.165, 1.54) is 59.8 Å². The summed E-state index contributed by atoms with van der Waals surface area (Å²) in [5, 5.41) is 14.6. The van der Waals surface area contributed by atoms with E-state index in [-0.39, 0.29) is 0 Å². The molecule has 50 heavy (non-hydrogen) atoms. The molecule has 0 atom stereocenters. The predicted octanol–water partition coefficient (Wildman–Crippen LogP) is 13.9. The zero-order chi connectivity index (χ0) is 32.5. The maximum atomic E-state index is 6.97. The van der Waals surface area contributed by atoms with E-state index < -0.39 is 0 Å². The topological polar surface area (TPSA) is 22.4 Å². The van der Waals surface area contributed by atoms with Gasteiger partial charge >= 0.3 is 0 Å². The van der Waals surface area contributed by atoms with Crippen molar-refractivity contribution in [1.29, 1.82) is 0 Å². The molecule has 230 valence electrons. The lowest BCUT2D eigenvalue weighted by atomic mass is 9.87. The lowest BCUT2D eigenvalue weighted by Crippen LogP contribution is -1.97. The first-order valence-electron chi connectivity index (χ1n) is 17.2. The summed E-state index contributed by atoms with van der Waals surface area (Å²) in [7, 11) is 0. The van der Waals surface area contributed by atoms with Crippen LogP contribution in [-0.4, -0.2) is 0 Å². The fourth-order valence-corrected chi connectivity index (χ4v) is 8.73. The van der Waals surface area contributed by atoms with Crippen LogP contribution in [0.2, 0.25) is 0 Å². The standard InChI is InChI=1S/C48H26O2/c1-2-8-31-25-42-40(24-30(31)7-1)47-39(35-19-17-29-16-15-27-9-5-10-28-18-20-38(35)46(29)44(27)28)22-21-34(48(47)50-42)33-23-32-11-6-13-37-36-12-3-4-14-41(36)49-43(26-33)45(32)37/h1-26H. The van der Waals surface area contributed by atoms with E-state index in [2.05, 4.69) is 152 Å². The van der Waals surface area contributed by atoms with Crippen molar-refractivity contribution in [3.63, 3.8) is 0 Å². The number of furan rings is 1. The van der Waals surface area contributed by atoms with E-state index in [4.69, 9.17) is 9.15 Å². The second kappa shape index (κ2) is 9.49. The first kappa shape index (κ1) is 26.3. The minimum Gasteiger partial charge on any atom is -0.456 e. The van der Waals surface area contributed by atoms with Crippen LogP contribution in [0.1, 0.15) is 0 Å². The second-order valence-electron chi connectivity index (χ2n) is 13.6. The zero-order valence-electron chi connectivity index (χ0n) is 26.8. The number of hydrogen-bond acceptors (Lipinski definition) is 2. The smallest absolute Gasteiger partial charge is 0.143 e. The van der Waals surface area contributed by atoms with Crippen molar-refractivity contribution < 1.29 is 9.15 Å². The van der Waals surface area contributed by atoms with Crippen LogP contribution >= 0.6 is 0 Å². The summed E-state index contributed by atoms with van der Waals surface area (Å²) < 4.78 is 13.6. The van der Waals surface area contributed by atoms with Crippen molar-refractivity contribution in [1.82, 2.24) is 0 Å². The minimum atomic E-state index is 0.873. The van der Waals surface area contributed by atoms with Gasteiger partial charge in [-0.3, -0.25) is 0 Å². The molecular formula is C48H26O2. The molecule has 1 aliphatic heterocycles. The lowest BCUT2D eigenvalue weighted by Gasteiger charge is -2.22. The Morgan fingerprint density at radius 1 is 0.320 bits per heavy atom. The van der Waals surface area contributed by atoms with Crippen molar-refractivity contribution in [2.75, 3.05) is 0 Å². The molecule has 10 aromatic carbocycles. The first-order valence-corrected chi connectivity index (χ1v) is 17.2. The summed E-state index contributed by atoms with van der Waals surface area (Å²) in [5.41, 5.74) is 8.61. The molecule has 0 saturated heterocycles. The Balaban J connectivity index is 1.18. The summed E-state index contributed by atoms with van der Waals surface area (Å²) in [6.07, 6.45) is 0. The molecule has 0 unspecified atom stereocenters. The highest BCUT2D eigenvalue weighted by molar-refractivity contribution is 6.28. The molecule has 0 amide bonds. The predicted molar refractivity (Wildman–Crippen MR) is 209 cm³/mol. The average molecular weight is 635 g/mol. The summed E-state index contributed by atoms with van der Waals surface area (Å²) in [5.74, 6) is 1.76. The van der Waals surface area contributed by atoms with Gasteiger partial charge in [0, 0.05) is 27.3 Å². The highest BCUT2D eigenvalue weighted by Gasteiger charge is 2.24. The molecule has 0 spiro atoms. The average Bonchev–Trinajstić information content (AvgIpc) is 3.54. The number of fused-ring (bicyclic) bond motifs is 6. The van der Waals surface area contributed by atoms with E-state index >= 15 is 0 Å². The van der Waals surface area contributed by atoms with Crippen LogP contribution in [0.5, 0.6) is 11.5 Å². The molecule has 0 fully saturated rings. The van der Waals surface area contributed by atoms with Crippen molar-refractivity contribution in [3.05, 3.63) is 158 Å². The Bertz CT molecular complexity index is 3220. The van der Waals surface area contributed by atoms with Crippen molar-refractivity contribution in [3.8, 4) is 44.9 Å². The normalized spacial score (nSPS) is 12.6. The minimum absolute atomic E-state index is 0.873. The van der Waals surface area contributed by atoms with Crippen LogP contribution < -0.4 is 4.74 Å². The molecule has 11 aromatic rings. The maximum absolute atomic E-state index is 6.97. The monoisotopic (exact) mass is 634 g/mol. The van der Waals surface area contributed by atoms with E-state index in [9.17, 15) is 0 Å². The molecule has 0 aliphatic carbocycles.